The van der Waals surface area contributed by atoms with Crippen molar-refractivity contribution in [3.63, 3.8) is 0 Å². The molecule has 2 aromatic carbocycles. The number of imidazole rings is 1. The third kappa shape index (κ3) is 3.35. The lowest BCUT2D eigenvalue weighted by atomic mass is 9.98. The molecule has 158 valence electrons. The molecule has 1 N–H and O–H groups in total. The standard InChI is InChI=1S/C23H25ClN2O4/c1-13-14(2)26-18-9-8-15(24)12-17(18)21(30-20(10-11-27)23(26)25-13)16-6-5-7-19(28-3)22(16)29-4/h5-9,12,20-21,27H,10-11H2,1-4H3/t20-,21-/m0/s1. The van der Waals surface area contributed by atoms with Crippen LogP contribution in [0.25, 0.3) is 5.69 Å². The Balaban J connectivity index is 2.01. The summed E-state index contributed by atoms with van der Waals surface area (Å²) in [6.07, 6.45) is -0.475. The van der Waals surface area contributed by atoms with E-state index in [-0.39, 0.29) is 6.61 Å². The van der Waals surface area contributed by atoms with Gasteiger partial charge in [-0.15, -0.1) is 0 Å². The van der Waals surface area contributed by atoms with Crippen LogP contribution in [-0.4, -0.2) is 35.5 Å². The Morgan fingerprint density at radius 3 is 2.63 bits per heavy atom. The van der Waals surface area contributed by atoms with Crippen molar-refractivity contribution in [1.82, 2.24) is 9.55 Å². The number of hydrogen-bond donors (Lipinski definition) is 1. The van der Waals surface area contributed by atoms with Gasteiger partial charge in [0.2, 0.25) is 0 Å². The molecule has 7 heteroatoms. The maximum atomic E-state index is 9.73. The van der Waals surface area contributed by atoms with Gasteiger partial charge in [0.25, 0.3) is 0 Å². The second-order valence-electron chi connectivity index (χ2n) is 7.28. The van der Waals surface area contributed by atoms with Crippen molar-refractivity contribution in [2.45, 2.75) is 32.5 Å². The van der Waals surface area contributed by atoms with E-state index in [0.29, 0.717) is 22.9 Å². The largest absolute Gasteiger partial charge is 0.493 e. The number of aliphatic hydroxyl groups excluding tert-OH is 1. The summed E-state index contributed by atoms with van der Waals surface area (Å²) >= 11 is 6.41. The molecule has 2 atom stereocenters. The van der Waals surface area contributed by atoms with Gasteiger partial charge >= 0.3 is 0 Å². The second kappa shape index (κ2) is 8.30. The smallest absolute Gasteiger partial charge is 0.166 e. The van der Waals surface area contributed by atoms with Crippen molar-refractivity contribution in [3.8, 4) is 17.2 Å². The number of aromatic nitrogens is 2. The molecule has 0 bridgehead atoms. The number of nitrogens with zero attached hydrogens (tertiary/aromatic N) is 2. The van der Waals surface area contributed by atoms with Crippen molar-refractivity contribution < 1.29 is 19.3 Å². The maximum Gasteiger partial charge on any atom is 0.166 e. The highest BCUT2D eigenvalue weighted by molar-refractivity contribution is 6.30. The minimum atomic E-state index is -0.485. The fourth-order valence-corrected chi connectivity index (χ4v) is 4.25. The van der Waals surface area contributed by atoms with E-state index in [4.69, 9.17) is 30.8 Å². The summed E-state index contributed by atoms with van der Waals surface area (Å²) < 4.78 is 19.9. The highest BCUT2D eigenvalue weighted by atomic mass is 35.5. The molecule has 0 saturated heterocycles. The highest BCUT2D eigenvalue weighted by Crippen LogP contribution is 2.46. The zero-order chi connectivity index (χ0) is 21.4. The molecule has 1 aliphatic heterocycles. The Bertz CT molecular complexity index is 1080. The predicted molar refractivity (Wildman–Crippen MR) is 115 cm³/mol. The average Bonchev–Trinajstić information content (AvgIpc) is 2.97. The molecule has 0 radical (unpaired) electrons. The molecule has 0 saturated carbocycles. The molecule has 2 heterocycles. The molecule has 1 aliphatic rings. The van der Waals surface area contributed by atoms with Crippen molar-refractivity contribution in [2.24, 2.45) is 0 Å². The van der Waals surface area contributed by atoms with E-state index < -0.39 is 12.2 Å². The number of aliphatic hydroxyl groups is 1. The maximum absolute atomic E-state index is 9.73. The molecule has 30 heavy (non-hydrogen) atoms. The quantitative estimate of drug-likeness (QED) is 0.637. The molecule has 4 rings (SSSR count). The number of para-hydroxylation sites is 1. The molecule has 0 fully saturated rings. The zero-order valence-electron chi connectivity index (χ0n) is 17.5. The number of ether oxygens (including phenoxy) is 3. The molecular formula is C23H25ClN2O4. The molecule has 3 aromatic rings. The Labute approximate surface area is 181 Å². The van der Waals surface area contributed by atoms with Gasteiger partial charge in [-0.2, -0.15) is 0 Å². The fourth-order valence-electron chi connectivity index (χ4n) is 4.07. The van der Waals surface area contributed by atoms with Crippen LogP contribution < -0.4 is 9.47 Å². The van der Waals surface area contributed by atoms with Gasteiger partial charge in [-0.1, -0.05) is 23.7 Å². The van der Waals surface area contributed by atoms with Gasteiger partial charge in [-0.05, 0) is 38.1 Å². The van der Waals surface area contributed by atoms with Gasteiger partial charge < -0.3 is 19.3 Å². The summed E-state index contributed by atoms with van der Waals surface area (Å²) in [6, 6.07) is 11.5. The summed E-state index contributed by atoms with van der Waals surface area (Å²) in [5.74, 6) is 1.99. The van der Waals surface area contributed by atoms with E-state index in [1.54, 1.807) is 14.2 Å². The highest BCUT2D eigenvalue weighted by Gasteiger charge is 2.34. The number of fused-ring (bicyclic) bond motifs is 3. The summed E-state index contributed by atoms with van der Waals surface area (Å²) in [7, 11) is 3.22. The van der Waals surface area contributed by atoms with Gasteiger partial charge in [-0.3, -0.25) is 4.57 Å². The molecular weight excluding hydrogens is 404 g/mol. The lowest BCUT2D eigenvalue weighted by Gasteiger charge is -2.25. The van der Waals surface area contributed by atoms with Gasteiger partial charge in [0.1, 0.15) is 18.0 Å². The molecule has 6 nitrogen and oxygen atoms in total. The molecule has 0 aliphatic carbocycles. The monoisotopic (exact) mass is 428 g/mol. The van der Waals surface area contributed by atoms with Crippen LogP contribution in [0.15, 0.2) is 36.4 Å². The number of hydrogen-bond acceptors (Lipinski definition) is 5. The van der Waals surface area contributed by atoms with Crippen LogP contribution in [0.4, 0.5) is 0 Å². The third-order valence-corrected chi connectivity index (χ3v) is 5.81. The summed E-state index contributed by atoms with van der Waals surface area (Å²) in [4.78, 5) is 4.77. The van der Waals surface area contributed by atoms with Crippen molar-refractivity contribution in [2.75, 3.05) is 20.8 Å². The first-order valence-corrected chi connectivity index (χ1v) is 10.2. The lowest BCUT2D eigenvalue weighted by molar-refractivity contribution is -0.00964. The van der Waals surface area contributed by atoms with Crippen LogP contribution in [0, 0.1) is 13.8 Å². The van der Waals surface area contributed by atoms with Crippen molar-refractivity contribution >= 4 is 11.6 Å². The fraction of sp³-hybridized carbons (Fsp3) is 0.348. The number of methoxy groups -OCH3 is 2. The van der Waals surface area contributed by atoms with Gasteiger partial charge in [0.05, 0.1) is 25.6 Å². The molecule has 1 aromatic heterocycles. The van der Waals surface area contributed by atoms with Crippen LogP contribution >= 0.6 is 11.6 Å². The predicted octanol–water partition coefficient (Wildman–Crippen LogP) is 4.70. The lowest BCUT2D eigenvalue weighted by Crippen LogP contribution is -2.14. The normalized spacial score (nSPS) is 17.8. The zero-order valence-corrected chi connectivity index (χ0v) is 18.2. The van der Waals surface area contributed by atoms with Crippen LogP contribution in [0.5, 0.6) is 11.5 Å². The Kier molecular flexibility index (Phi) is 5.73. The summed E-state index contributed by atoms with van der Waals surface area (Å²) in [6.45, 7) is 3.99. The van der Waals surface area contributed by atoms with Crippen LogP contribution in [0.2, 0.25) is 5.02 Å². The van der Waals surface area contributed by atoms with E-state index in [1.807, 2.05) is 50.2 Å². The number of rotatable bonds is 5. The van der Waals surface area contributed by atoms with Crippen molar-refractivity contribution in [1.29, 1.82) is 0 Å². The number of aryl methyl sites for hydroxylation is 1. The van der Waals surface area contributed by atoms with Gasteiger partial charge in [0.15, 0.2) is 11.5 Å². The Morgan fingerprint density at radius 2 is 1.93 bits per heavy atom. The van der Waals surface area contributed by atoms with E-state index >= 15 is 0 Å². The Morgan fingerprint density at radius 1 is 1.13 bits per heavy atom. The molecule has 0 unspecified atom stereocenters. The first-order chi connectivity index (χ1) is 14.5. The van der Waals surface area contributed by atoms with E-state index in [9.17, 15) is 5.11 Å². The number of halogens is 1. The second-order valence-corrected chi connectivity index (χ2v) is 7.72. The summed E-state index contributed by atoms with van der Waals surface area (Å²) in [5, 5.41) is 10.3. The van der Waals surface area contributed by atoms with E-state index in [0.717, 1.165) is 34.0 Å². The van der Waals surface area contributed by atoms with Crippen molar-refractivity contribution in [3.05, 3.63) is 69.8 Å². The minimum Gasteiger partial charge on any atom is -0.493 e. The van der Waals surface area contributed by atoms with Crippen LogP contribution in [0.1, 0.15) is 47.0 Å². The first kappa shape index (κ1) is 20.7. The molecule has 0 spiro atoms. The summed E-state index contributed by atoms with van der Waals surface area (Å²) in [5.41, 5.74) is 4.62. The van der Waals surface area contributed by atoms with Gasteiger partial charge in [0, 0.05) is 34.9 Å². The molecule has 0 amide bonds. The SMILES string of the molecule is COc1cccc([C@@H]2O[C@@H](CCO)c3nc(C)c(C)n3-c3ccc(Cl)cc32)c1OC. The van der Waals surface area contributed by atoms with Gasteiger partial charge in [-0.25, -0.2) is 4.98 Å². The van der Waals surface area contributed by atoms with E-state index in [2.05, 4.69) is 4.57 Å². The Hall–Kier alpha value is -2.54. The topological polar surface area (TPSA) is 65.7 Å². The number of benzene rings is 2. The third-order valence-electron chi connectivity index (χ3n) is 5.58. The van der Waals surface area contributed by atoms with Crippen LogP contribution in [0.3, 0.4) is 0 Å². The average molecular weight is 429 g/mol. The van der Waals surface area contributed by atoms with Crippen LogP contribution in [-0.2, 0) is 4.74 Å². The first-order valence-electron chi connectivity index (χ1n) is 9.83. The van der Waals surface area contributed by atoms with E-state index in [1.165, 1.54) is 0 Å². The minimum absolute atomic E-state index is 0.0192.